The number of anilines is 1. The lowest BCUT2D eigenvalue weighted by Crippen LogP contribution is -2.19. The summed E-state index contributed by atoms with van der Waals surface area (Å²) in [5.74, 6) is 0.398. The summed E-state index contributed by atoms with van der Waals surface area (Å²) in [6.45, 7) is 2.42. The van der Waals surface area contributed by atoms with Gasteiger partial charge in [0.2, 0.25) is 5.91 Å². The third-order valence-electron chi connectivity index (χ3n) is 2.86. The van der Waals surface area contributed by atoms with Crippen LogP contribution in [-0.2, 0) is 20.7 Å². The van der Waals surface area contributed by atoms with Gasteiger partial charge >= 0.3 is 5.97 Å². The fourth-order valence-corrected chi connectivity index (χ4v) is 1.93. The largest absolute Gasteiger partial charge is 0.493 e. The minimum atomic E-state index is -0.270. The summed E-state index contributed by atoms with van der Waals surface area (Å²) in [7, 11) is 0. The normalized spacial score (nSPS) is 13.4. The summed E-state index contributed by atoms with van der Waals surface area (Å²) < 4.78 is 10.3. The number of nitrogens with one attached hydrogen (secondary N) is 1. The molecule has 1 aromatic carbocycles. The van der Waals surface area contributed by atoms with Crippen molar-refractivity contribution in [2.24, 2.45) is 0 Å². The number of carbonyl (C=O) groups is 2. The summed E-state index contributed by atoms with van der Waals surface area (Å²) in [4.78, 5) is 22.4. The van der Waals surface area contributed by atoms with Crippen molar-refractivity contribution in [3.8, 4) is 5.75 Å². The first-order valence-corrected chi connectivity index (χ1v) is 6.40. The second-order valence-corrected chi connectivity index (χ2v) is 4.27. The molecule has 0 spiro atoms. The van der Waals surface area contributed by atoms with E-state index in [4.69, 9.17) is 9.47 Å². The van der Waals surface area contributed by atoms with Crippen LogP contribution < -0.4 is 10.1 Å². The van der Waals surface area contributed by atoms with Gasteiger partial charge < -0.3 is 14.8 Å². The molecule has 0 bridgehead atoms. The Morgan fingerprint density at radius 3 is 3.00 bits per heavy atom. The van der Waals surface area contributed by atoms with Gasteiger partial charge in [-0.05, 0) is 25.0 Å². The Balaban J connectivity index is 1.89. The fourth-order valence-electron chi connectivity index (χ4n) is 1.93. The van der Waals surface area contributed by atoms with Crippen LogP contribution in [0.15, 0.2) is 18.2 Å². The Morgan fingerprint density at radius 2 is 2.21 bits per heavy atom. The van der Waals surface area contributed by atoms with Gasteiger partial charge in [0.25, 0.3) is 0 Å². The highest BCUT2D eigenvalue weighted by Crippen LogP contribution is 2.27. The standard InChI is InChI=1S/C14H17NO4/c1-2-18-14(17)7-8-19-11-5-3-10-4-6-13(16)15-12(10)9-11/h3,5,9H,2,4,6-8H2,1H3,(H,15,16). The zero-order valence-electron chi connectivity index (χ0n) is 10.9. The van der Waals surface area contributed by atoms with Crippen LogP contribution in [-0.4, -0.2) is 25.1 Å². The quantitative estimate of drug-likeness (QED) is 0.824. The van der Waals surface area contributed by atoms with Crippen LogP contribution >= 0.6 is 0 Å². The van der Waals surface area contributed by atoms with Crippen molar-refractivity contribution < 1.29 is 19.1 Å². The second kappa shape index (κ2) is 6.22. The molecule has 1 aromatic rings. The lowest BCUT2D eigenvalue weighted by atomic mass is 10.0. The second-order valence-electron chi connectivity index (χ2n) is 4.27. The highest BCUT2D eigenvalue weighted by Gasteiger charge is 2.15. The van der Waals surface area contributed by atoms with E-state index < -0.39 is 0 Å². The van der Waals surface area contributed by atoms with Crippen LogP contribution in [0.2, 0.25) is 0 Å². The zero-order chi connectivity index (χ0) is 13.7. The monoisotopic (exact) mass is 263 g/mol. The van der Waals surface area contributed by atoms with Gasteiger partial charge in [-0.25, -0.2) is 0 Å². The van der Waals surface area contributed by atoms with Crippen LogP contribution in [0.3, 0.4) is 0 Å². The van der Waals surface area contributed by atoms with Gasteiger partial charge in [-0.1, -0.05) is 6.07 Å². The molecule has 0 saturated heterocycles. The van der Waals surface area contributed by atoms with Crippen LogP contribution in [0.4, 0.5) is 5.69 Å². The van der Waals surface area contributed by atoms with Crippen LogP contribution in [0, 0.1) is 0 Å². The third-order valence-corrected chi connectivity index (χ3v) is 2.86. The maximum absolute atomic E-state index is 11.3. The highest BCUT2D eigenvalue weighted by atomic mass is 16.5. The van der Waals surface area contributed by atoms with Crippen molar-refractivity contribution >= 4 is 17.6 Å². The Bertz CT molecular complexity index is 484. The van der Waals surface area contributed by atoms with Crippen LogP contribution in [0.25, 0.3) is 0 Å². The van der Waals surface area contributed by atoms with Crippen molar-refractivity contribution in [1.29, 1.82) is 0 Å². The predicted molar refractivity (Wildman–Crippen MR) is 70.1 cm³/mol. The van der Waals surface area contributed by atoms with Gasteiger partial charge in [-0.15, -0.1) is 0 Å². The van der Waals surface area contributed by atoms with Crippen molar-refractivity contribution in [2.75, 3.05) is 18.5 Å². The Kier molecular flexibility index (Phi) is 4.39. The summed E-state index contributed by atoms with van der Waals surface area (Å²) in [5, 5.41) is 2.81. The number of esters is 1. The first-order valence-electron chi connectivity index (χ1n) is 6.40. The average molecular weight is 263 g/mol. The minimum Gasteiger partial charge on any atom is -0.493 e. The summed E-state index contributed by atoms with van der Waals surface area (Å²) in [5.41, 5.74) is 1.90. The van der Waals surface area contributed by atoms with Crippen molar-refractivity contribution in [3.63, 3.8) is 0 Å². The van der Waals surface area contributed by atoms with E-state index in [1.165, 1.54) is 0 Å². The SMILES string of the molecule is CCOC(=O)CCOc1ccc2c(c1)NC(=O)CC2. The molecule has 1 amide bonds. The van der Waals surface area contributed by atoms with Gasteiger partial charge in [0.15, 0.2) is 0 Å². The summed E-state index contributed by atoms with van der Waals surface area (Å²) in [6, 6.07) is 5.58. The molecule has 0 unspecified atom stereocenters. The molecule has 2 rings (SSSR count). The van der Waals surface area contributed by atoms with E-state index in [1.807, 2.05) is 12.1 Å². The average Bonchev–Trinajstić information content (AvgIpc) is 2.38. The first kappa shape index (κ1) is 13.4. The number of amides is 1. The predicted octanol–water partition coefficient (Wildman–Crippen LogP) is 1.90. The topological polar surface area (TPSA) is 64.6 Å². The van der Waals surface area contributed by atoms with Crippen molar-refractivity contribution in [3.05, 3.63) is 23.8 Å². The van der Waals surface area contributed by atoms with E-state index in [2.05, 4.69) is 5.32 Å². The lowest BCUT2D eigenvalue weighted by Gasteiger charge is -2.17. The molecule has 19 heavy (non-hydrogen) atoms. The number of fused-ring (bicyclic) bond motifs is 1. The van der Waals surface area contributed by atoms with Crippen molar-refractivity contribution in [1.82, 2.24) is 0 Å². The molecule has 0 aromatic heterocycles. The van der Waals surface area contributed by atoms with Gasteiger partial charge in [0.1, 0.15) is 5.75 Å². The Morgan fingerprint density at radius 1 is 1.37 bits per heavy atom. The van der Waals surface area contributed by atoms with E-state index in [-0.39, 0.29) is 24.9 Å². The molecule has 1 N–H and O–H groups in total. The lowest BCUT2D eigenvalue weighted by molar-refractivity contribution is -0.143. The van der Waals surface area contributed by atoms with E-state index in [0.717, 1.165) is 17.7 Å². The molecule has 0 radical (unpaired) electrons. The van der Waals surface area contributed by atoms with Crippen LogP contribution in [0.1, 0.15) is 25.3 Å². The third kappa shape index (κ3) is 3.71. The molecule has 5 nitrogen and oxygen atoms in total. The first-order chi connectivity index (χ1) is 9.19. The molecule has 5 heteroatoms. The molecule has 0 saturated carbocycles. The molecule has 102 valence electrons. The van der Waals surface area contributed by atoms with Crippen LogP contribution in [0.5, 0.6) is 5.75 Å². The number of hydrogen-bond acceptors (Lipinski definition) is 4. The summed E-state index contributed by atoms with van der Waals surface area (Å²) >= 11 is 0. The Hall–Kier alpha value is -2.04. The molecule has 1 aliphatic heterocycles. The van der Waals surface area contributed by atoms with E-state index in [9.17, 15) is 9.59 Å². The van der Waals surface area contributed by atoms with Gasteiger partial charge in [0.05, 0.1) is 19.6 Å². The van der Waals surface area contributed by atoms with Gasteiger partial charge in [-0.3, -0.25) is 9.59 Å². The smallest absolute Gasteiger partial charge is 0.309 e. The maximum atomic E-state index is 11.3. The maximum Gasteiger partial charge on any atom is 0.309 e. The molecular weight excluding hydrogens is 246 g/mol. The van der Waals surface area contributed by atoms with Gasteiger partial charge in [-0.2, -0.15) is 0 Å². The highest BCUT2D eigenvalue weighted by molar-refractivity contribution is 5.94. The van der Waals surface area contributed by atoms with Crippen molar-refractivity contribution in [2.45, 2.75) is 26.2 Å². The summed E-state index contributed by atoms with van der Waals surface area (Å²) in [6.07, 6.45) is 1.50. The fraction of sp³-hybridized carbons (Fsp3) is 0.429. The number of ether oxygens (including phenoxy) is 2. The number of rotatable bonds is 5. The number of hydrogen-bond donors (Lipinski definition) is 1. The molecular formula is C14H17NO4. The molecule has 1 aliphatic rings. The molecule has 0 aliphatic carbocycles. The Labute approximate surface area is 111 Å². The number of benzene rings is 1. The molecule has 0 atom stereocenters. The minimum absolute atomic E-state index is 0.0242. The molecule has 0 fully saturated rings. The van der Waals surface area contributed by atoms with E-state index >= 15 is 0 Å². The number of aryl methyl sites for hydroxylation is 1. The zero-order valence-corrected chi connectivity index (χ0v) is 10.9. The van der Waals surface area contributed by atoms with E-state index in [0.29, 0.717) is 18.8 Å². The molecule has 1 heterocycles. The van der Waals surface area contributed by atoms with E-state index in [1.54, 1.807) is 13.0 Å². The number of carbonyl (C=O) groups excluding carboxylic acids is 2. The van der Waals surface area contributed by atoms with Gasteiger partial charge in [0, 0.05) is 18.2 Å².